The van der Waals surface area contributed by atoms with Gasteiger partial charge in [0.1, 0.15) is 0 Å². The van der Waals surface area contributed by atoms with Crippen LogP contribution in [0.5, 0.6) is 0 Å². The molecule has 1 aliphatic carbocycles. The Morgan fingerprint density at radius 3 is 2.63 bits per heavy atom. The third kappa shape index (κ3) is 3.79. The molecule has 4 heteroatoms. The lowest BCUT2D eigenvalue weighted by atomic mass is 9.98. The first kappa shape index (κ1) is 17.7. The van der Waals surface area contributed by atoms with Crippen molar-refractivity contribution in [2.75, 3.05) is 13.2 Å². The SMILES string of the molecule is Cc1ccc2c(cnn2C[C@H](C)CN2[C@@H]3CC[C@H]2C[C@@H](OCC2CC2)C3)c1. The monoisotopic (exact) mass is 367 g/mol. The van der Waals surface area contributed by atoms with Crippen molar-refractivity contribution in [2.45, 2.75) is 77.1 Å². The molecule has 4 nitrogen and oxygen atoms in total. The van der Waals surface area contributed by atoms with Crippen molar-refractivity contribution in [1.82, 2.24) is 14.7 Å². The fourth-order valence-electron chi connectivity index (χ4n) is 5.28. The van der Waals surface area contributed by atoms with Gasteiger partial charge in [0.05, 0.1) is 17.8 Å². The summed E-state index contributed by atoms with van der Waals surface area (Å²) in [6, 6.07) is 8.13. The summed E-state index contributed by atoms with van der Waals surface area (Å²) in [6.07, 6.45) is 10.6. The van der Waals surface area contributed by atoms with Gasteiger partial charge in [0.25, 0.3) is 0 Å². The number of aromatic nitrogens is 2. The van der Waals surface area contributed by atoms with Crippen molar-refractivity contribution in [3.8, 4) is 0 Å². The zero-order chi connectivity index (χ0) is 18.4. The molecule has 0 amide bonds. The molecular weight excluding hydrogens is 334 g/mol. The average Bonchev–Trinajstić information content (AvgIpc) is 3.36. The Morgan fingerprint density at radius 1 is 1.11 bits per heavy atom. The Balaban J connectivity index is 1.19. The van der Waals surface area contributed by atoms with Gasteiger partial charge in [-0.1, -0.05) is 18.6 Å². The number of ether oxygens (including phenoxy) is 1. The van der Waals surface area contributed by atoms with Crippen LogP contribution in [0.25, 0.3) is 10.9 Å². The largest absolute Gasteiger partial charge is 0.378 e. The number of nitrogens with zero attached hydrogens (tertiary/aromatic N) is 3. The van der Waals surface area contributed by atoms with E-state index >= 15 is 0 Å². The summed E-state index contributed by atoms with van der Waals surface area (Å²) in [5, 5.41) is 5.92. The molecule has 3 aliphatic rings. The van der Waals surface area contributed by atoms with Gasteiger partial charge < -0.3 is 4.74 Å². The molecule has 3 fully saturated rings. The minimum Gasteiger partial charge on any atom is -0.378 e. The van der Waals surface area contributed by atoms with Crippen LogP contribution in [0.2, 0.25) is 0 Å². The van der Waals surface area contributed by atoms with Gasteiger partial charge >= 0.3 is 0 Å². The molecule has 2 bridgehead atoms. The van der Waals surface area contributed by atoms with Crippen molar-refractivity contribution in [3.63, 3.8) is 0 Å². The second-order valence-corrected chi connectivity index (χ2v) is 9.45. The van der Waals surface area contributed by atoms with Crippen molar-refractivity contribution in [1.29, 1.82) is 0 Å². The Bertz CT molecular complexity index is 782. The standard InChI is InChI=1S/C23H33N3O/c1-16-3-8-23-19(9-16)12-24-26(23)14-17(2)13-25-20-6-7-21(25)11-22(10-20)27-15-18-4-5-18/h3,8-9,12,17-18,20-22H,4-7,10-11,13-15H2,1-2H3/t17-,20-,21+,22+/m1/s1. The maximum absolute atomic E-state index is 6.24. The summed E-state index contributed by atoms with van der Waals surface area (Å²) in [6.45, 7) is 7.75. The van der Waals surface area contributed by atoms with E-state index in [-0.39, 0.29) is 0 Å². The first-order chi connectivity index (χ1) is 13.2. The zero-order valence-corrected chi connectivity index (χ0v) is 16.8. The van der Waals surface area contributed by atoms with Crippen molar-refractivity contribution < 1.29 is 4.74 Å². The Morgan fingerprint density at radius 2 is 1.89 bits per heavy atom. The Kier molecular flexibility index (Phi) is 4.73. The highest BCUT2D eigenvalue weighted by Crippen LogP contribution is 2.38. The number of hydrogen-bond donors (Lipinski definition) is 0. The molecule has 2 saturated heterocycles. The quantitative estimate of drug-likeness (QED) is 0.726. The van der Waals surface area contributed by atoms with Crippen molar-refractivity contribution in [3.05, 3.63) is 30.0 Å². The number of fused-ring (bicyclic) bond motifs is 3. The molecule has 2 aliphatic heterocycles. The van der Waals surface area contributed by atoms with Gasteiger partial charge in [0.2, 0.25) is 0 Å². The molecule has 3 heterocycles. The predicted molar refractivity (Wildman–Crippen MR) is 109 cm³/mol. The molecule has 1 aromatic carbocycles. The number of benzene rings is 1. The lowest BCUT2D eigenvalue weighted by molar-refractivity contribution is -0.0276. The predicted octanol–water partition coefficient (Wildman–Crippen LogP) is 4.40. The van der Waals surface area contributed by atoms with Crippen LogP contribution in [0.4, 0.5) is 0 Å². The van der Waals surface area contributed by atoms with Crippen LogP contribution in [-0.4, -0.2) is 46.0 Å². The first-order valence-corrected chi connectivity index (χ1v) is 10.9. The molecule has 2 aromatic rings. The highest BCUT2D eigenvalue weighted by Gasteiger charge is 2.41. The van der Waals surface area contributed by atoms with Gasteiger partial charge in [-0.25, -0.2) is 0 Å². The third-order valence-electron chi connectivity index (χ3n) is 6.91. The fraction of sp³-hybridized carbons (Fsp3) is 0.696. The molecule has 0 N–H and O–H groups in total. The molecule has 1 aromatic heterocycles. The van der Waals surface area contributed by atoms with Crippen LogP contribution >= 0.6 is 0 Å². The molecule has 0 spiro atoms. The van der Waals surface area contributed by atoms with Crippen LogP contribution in [0.1, 0.15) is 51.0 Å². The van der Waals surface area contributed by atoms with Gasteiger partial charge in [0, 0.05) is 37.2 Å². The van der Waals surface area contributed by atoms with E-state index in [9.17, 15) is 0 Å². The summed E-state index contributed by atoms with van der Waals surface area (Å²) in [5.41, 5.74) is 2.57. The van der Waals surface area contributed by atoms with E-state index in [1.54, 1.807) is 0 Å². The van der Waals surface area contributed by atoms with E-state index in [2.05, 4.69) is 46.7 Å². The maximum atomic E-state index is 6.24. The molecule has 5 rings (SSSR count). The molecule has 4 atom stereocenters. The van der Waals surface area contributed by atoms with E-state index in [1.807, 2.05) is 6.20 Å². The average molecular weight is 368 g/mol. The zero-order valence-electron chi connectivity index (χ0n) is 16.8. The van der Waals surface area contributed by atoms with Crippen LogP contribution < -0.4 is 0 Å². The summed E-state index contributed by atoms with van der Waals surface area (Å²) >= 11 is 0. The topological polar surface area (TPSA) is 30.3 Å². The maximum Gasteiger partial charge on any atom is 0.0682 e. The van der Waals surface area contributed by atoms with E-state index in [4.69, 9.17) is 4.74 Å². The first-order valence-electron chi connectivity index (χ1n) is 10.9. The fourth-order valence-corrected chi connectivity index (χ4v) is 5.28. The lowest BCUT2D eigenvalue weighted by Gasteiger charge is -2.40. The molecule has 27 heavy (non-hydrogen) atoms. The van der Waals surface area contributed by atoms with E-state index < -0.39 is 0 Å². The second-order valence-electron chi connectivity index (χ2n) is 9.45. The van der Waals surface area contributed by atoms with E-state index in [0.717, 1.165) is 31.2 Å². The molecule has 0 unspecified atom stereocenters. The Labute approximate surface area is 162 Å². The molecular formula is C23H33N3O. The van der Waals surface area contributed by atoms with Crippen molar-refractivity contribution in [2.24, 2.45) is 11.8 Å². The van der Waals surface area contributed by atoms with Crippen LogP contribution in [0.3, 0.4) is 0 Å². The van der Waals surface area contributed by atoms with Gasteiger partial charge in [0.15, 0.2) is 0 Å². The van der Waals surface area contributed by atoms with E-state index in [1.165, 1.54) is 61.5 Å². The second kappa shape index (κ2) is 7.21. The molecule has 0 radical (unpaired) electrons. The molecule has 146 valence electrons. The molecule has 1 saturated carbocycles. The number of rotatable bonds is 7. The normalized spacial score (nSPS) is 29.5. The summed E-state index contributed by atoms with van der Waals surface area (Å²) in [4.78, 5) is 2.80. The third-order valence-corrected chi connectivity index (χ3v) is 6.91. The number of piperidine rings is 1. The lowest BCUT2D eigenvalue weighted by Crippen LogP contribution is -2.47. The van der Waals surface area contributed by atoms with Crippen LogP contribution in [-0.2, 0) is 11.3 Å². The van der Waals surface area contributed by atoms with Crippen molar-refractivity contribution >= 4 is 10.9 Å². The van der Waals surface area contributed by atoms with Gasteiger partial charge in [-0.2, -0.15) is 5.10 Å². The highest BCUT2D eigenvalue weighted by atomic mass is 16.5. The van der Waals surface area contributed by atoms with Gasteiger partial charge in [-0.05, 0) is 69.4 Å². The van der Waals surface area contributed by atoms with Gasteiger partial charge in [-0.15, -0.1) is 0 Å². The Hall–Kier alpha value is -1.39. The minimum atomic E-state index is 0.521. The number of hydrogen-bond acceptors (Lipinski definition) is 3. The summed E-state index contributed by atoms with van der Waals surface area (Å²) < 4.78 is 8.44. The number of aryl methyl sites for hydroxylation is 1. The summed E-state index contributed by atoms with van der Waals surface area (Å²) in [5.74, 6) is 1.50. The van der Waals surface area contributed by atoms with Gasteiger partial charge in [-0.3, -0.25) is 9.58 Å². The van der Waals surface area contributed by atoms with Crippen LogP contribution in [0, 0.1) is 18.8 Å². The summed E-state index contributed by atoms with van der Waals surface area (Å²) in [7, 11) is 0. The smallest absolute Gasteiger partial charge is 0.0682 e. The van der Waals surface area contributed by atoms with Crippen LogP contribution in [0.15, 0.2) is 24.4 Å². The highest BCUT2D eigenvalue weighted by molar-refractivity contribution is 5.79. The minimum absolute atomic E-state index is 0.521. The van der Waals surface area contributed by atoms with E-state index in [0.29, 0.717) is 12.0 Å².